The van der Waals surface area contributed by atoms with E-state index in [9.17, 15) is 19.1 Å². The van der Waals surface area contributed by atoms with Crippen LogP contribution in [0.15, 0.2) is 47.5 Å². The topological polar surface area (TPSA) is 97.9 Å². The van der Waals surface area contributed by atoms with Crippen LogP contribution < -0.4 is 34.8 Å². The first-order valence-electron chi connectivity index (χ1n) is 8.43. The Kier molecular flexibility index (Phi) is 7.25. The second kappa shape index (κ2) is 9.27. The van der Waals surface area contributed by atoms with Gasteiger partial charge in [-0.15, -0.1) is 0 Å². The second-order valence-electron chi connectivity index (χ2n) is 6.45. The number of nitrogens with zero attached hydrogens (tertiary/aromatic N) is 1. The second-order valence-corrected chi connectivity index (χ2v) is 6.89. The molecule has 0 aliphatic heterocycles. The molecular weight excluding hydrogens is 392 g/mol. The van der Waals surface area contributed by atoms with Gasteiger partial charge in [0.05, 0.1) is 22.9 Å². The third kappa shape index (κ3) is 4.88. The van der Waals surface area contributed by atoms with Crippen LogP contribution in [0, 0.1) is 5.82 Å². The molecular formula is C20H16ClFLiN3O3. The van der Waals surface area contributed by atoms with E-state index in [2.05, 4.69) is 15.3 Å². The summed E-state index contributed by atoms with van der Waals surface area (Å²) in [5, 5.41) is 14.6. The minimum absolute atomic E-state index is 0. The van der Waals surface area contributed by atoms with Gasteiger partial charge in [0.1, 0.15) is 5.82 Å². The van der Waals surface area contributed by atoms with Gasteiger partial charge in [0.2, 0.25) is 0 Å². The average molecular weight is 408 g/mol. The van der Waals surface area contributed by atoms with Crippen LogP contribution in [0.2, 0.25) is 5.02 Å². The molecule has 1 aromatic carbocycles. The zero-order valence-electron chi connectivity index (χ0n) is 16.0. The van der Waals surface area contributed by atoms with Crippen molar-refractivity contribution in [1.29, 1.82) is 0 Å². The van der Waals surface area contributed by atoms with Crippen LogP contribution in [0.25, 0.3) is 11.1 Å². The zero-order valence-corrected chi connectivity index (χ0v) is 16.8. The SMILES string of the molecule is CC(C)c1[nH]c(=O)c(-c2cc(Cl)ccc2F)cc1Nc1ccncc1C(=O)[O-].[Li+]. The van der Waals surface area contributed by atoms with Crippen molar-refractivity contribution in [2.75, 3.05) is 5.32 Å². The molecule has 29 heavy (non-hydrogen) atoms. The molecule has 9 heteroatoms. The average Bonchev–Trinajstić information content (AvgIpc) is 2.65. The van der Waals surface area contributed by atoms with Crippen molar-refractivity contribution < 1.29 is 33.2 Å². The molecule has 0 aliphatic rings. The molecule has 2 N–H and O–H groups in total. The van der Waals surface area contributed by atoms with Crippen LogP contribution in [0.4, 0.5) is 15.8 Å². The first-order chi connectivity index (χ1) is 13.3. The van der Waals surface area contributed by atoms with Gasteiger partial charge in [-0.1, -0.05) is 25.4 Å². The minimum Gasteiger partial charge on any atom is -0.545 e. The quantitative estimate of drug-likeness (QED) is 0.599. The smallest absolute Gasteiger partial charge is 0.545 e. The Hall–Kier alpha value is -2.59. The summed E-state index contributed by atoms with van der Waals surface area (Å²) >= 11 is 5.95. The molecule has 3 rings (SSSR count). The van der Waals surface area contributed by atoms with Crippen molar-refractivity contribution >= 4 is 28.9 Å². The number of hydrogen-bond donors (Lipinski definition) is 2. The predicted molar refractivity (Wildman–Crippen MR) is 103 cm³/mol. The fourth-order valence-corrected chi connectivity index (χ4v) is 2.99. The van der Waals surface area contributed by atoms with Crippen LogP contribution in [-0.2, 0) is 0 Å². The maximum Gasteiger partial charge on any atom is 1.00 e. The Morgan fingerprint density at radius 1 is 1.21 bits per heavy atom. The number of nitrogens with one attached hydrogen (secondary N) is 2. The standard InChI is InChI=1S/C20H17ClFN3O3.Li/c1-10(2)18-17(24-16-5-6-23-9-14(16)20(27)28)8-13(19(26)25-18)12-7-11(21)3-4-15(12)22;/h3-10H,1-2H3,(H,23,24)(H,25,26)(H,27,28);/q;+1/p-1. The summed E-state index contributed by atoms with van der Waals surface area (Å²) in [7, 11) is 0. The van der Waals surface area contributed by atoms with Gasteiger partial charge in [0.15, 0.2) is 0 Å². The third-order valence-corrected chi connectivity index (χ3v) is 4.41. The van der Waals surface area contributed by atoms with E-state index in [0.29, 0.717) is 11.4 Å². The van der Waals surface area contributed by atoms with Crippen molar-refractivity contribution in [1.82, 2.24) is 9.97 Å². The van der Waals surface area contributed by atoms with Crippen LogP contribution in [0.3, 0.4) is 0 Å². The number of benzene rings is 1. The number of carbonyl (C=O) groups is 1. The number of aromatic amines is 1. The number of rotatable bonds is 5. The van der Waals surface area contributed by atoms with Gasteiger partial charge >= 0.3 is 18.9 Å². The number of halogens is 2. The van der Waals surface area contributed by atoms with E-state index < -0.39 is 17.3 Å². The molecule has 0 aliphatic carbocycles. The molecule has 0 spiro atoms. The number of carboxylic acids is 1. The molecule has 0 amide bonds. The molecule has 0 radical (unpaired) electrons. The molecule has 0 fully saturated rings. The van der Waals surface area contributed by atoms with Crippen LogP contribution in [-0.4, -0.2) is 15.9 Å². The number of pyridine rings is 2. The molecule has 2 heterocycles. The van der Waals surface area contributed by atoms with Crippen molar-refractivity contribution in [3.05, 3.63) is 75.2 Å². The summed E-state index contributed by atoms with van der Waals surface area (Å²) in [6, 6.07) is 6.87. The Balaban J connectivity index is 0.00000300. The summed E-state index contributed by atoms with van der Waals surface area (Å²) in [5.74, 6) is -2.09. The summed E-state index contributed by atoms with van der Waals surface area (Å²) in [6.07, 6.45) is 2.59. The monoisotopic (exact) mass is 407 g/mol. The van der Waals surface area contributed by atoms with Crippen LogP contribution >= 0.6 is 11.6 Å². The molecule has 2 aromatic heterocycles. The number of H-pyrrole nitrogens is 1. The van der Waals surface area contributed by atoms with Gasteiger partial charge in [-0.25, -0.2) is 4.39 Å². The maximum absolute atomic E-state index is 14.3. The van der Waals surface area contributed by atoms with E-state index in [-0.39, 0.29) is 52.2 Å². The van der Waals surface area contributed by atoms with E-state index in [0.717, 1.165) is 6.20 Å². The van der Waals surface area contributed by atoms with Crippen molar-refractivity contribution in [2.45, 2.75) is 19.8 Å². The molecule has 6 nitrogen and oxygen atoms in total. The summed E-state index contributed by atoms with van der Waals surface area (Å²) in [4.78, 5) is 30.5. The van der Waals surface area contributed by atoms with Gasteiger partial charge < -0.3 is 20.2 Å². The molecule has 144 valence electrons. The number of carbonyl (C=O) groups excluding carboxylic acids is 1. The Morgan fingerprint density at radius 3 is 2.59 bits per heavy atom. The van der Waals surface area contributed by atoms with Crippen LogP contribution in [0.1, 0.15) is 35.8 Å². The first kappa shape index (κ1) is 22.7. The van der Waals surface area contributed by atoms with Crippen LogP contribution in [0.5, 0.6) is 0 Å². The number of anilines is 2. The minimum atomic E-state index is -1.40. The molecule has 3 aromatic rings. The number of hydrogen-bond acceptors (Lipinski definition) is 5. The number of aromatic carboxylic acids is 1. The van der Waals surface area contributed by atoms with Gasteiger partial charge in [-0.2, -0.15) is 0 Å². The fourth-order valence-electron chi connectivity index (χ4n) is 2.82. The first-order valence-corrected chi connectivity index (χ1v) is 8.80. The number of aromatic nitrogens is 2. The predicted octanol–water partition coefficient (Wildman–Crippen LogP) is 0.464. The normalized spacial score (nSPS) is 10.5. The molecule has 0 saturated heterocycles. The largest absolute Gasteiger partial charge is 1.00 e. The van der Waals surface area contributed by atoms with E-state index >= 15 is 0 Å². The summed E-state index contributed by atoms with van der Waals surface area (Å²) in [6.45, 7) is 3.73. The van der Waals surface area contributed by atoms with Crippen molar-refractivity contribution in [2.24, 2.45) is 0 Å². The van der Waals surface area contributed by atoms with E-state index in [4.69, 9.17) is 11.6 Å². The molecule has 0 atom stereocenters. The van der Waals surface area contributed by atoms with E-state index in [1.54, 1.807) is 0 Å². The van der Waals surface area contributed by atoms with Gasteiger partial charge in [0, 0.05) is 34.2 Å². The molecule has 0 unspecified atom stereocenters. The summed E-state index contributed by atoms with van der Waals surface area (Å²) in [5.41, 5.74) is 0.693. The number of carboxylic acid groups (broad SMARTS) is 1. The van der Waals surface area contributed by atoms with E-state index in [1.165, 1.54) is 36.5 Å². The zero-order chi connectivity index (χ0) is 20.4. The van der Waals surface area contributed by atoms with Crippen molar-refractivity contribution in [3.8, 4) is 11.1 Å². The Morgan fingerprint density at radius 2 is 1.93 bits per heavy atom. The van der Waals surface area contributed by atoms with Gasteiger partial charge in [-0.05, 0) is 36.2 Å². The third-order valence-electron chi connectivity index (χ3n) is 4.18. The molecule has 0 saturated carbocycles. The fraction of sp³-hybridized carbons (Fsp3) is 0.150. The summed E-state index contributed by atoms with van der Waals surface area (Å²) < 4.78 is 14.3. The van der Waals surface area contributed by atoms with Crippen molar-refractivity contribution in [3.63, 3.8) is 0 Å². The maximum atomic E-state index is 14.3. The molecule has 0 bridgehead atoms. The Bertz CT molecular complexity index is 1120. The van der Waals surface area contributed by atoms with Gasteiger partial charge in [-0.3, -0.25) is 9.78 Å². The van der Waals surface area contributed by atoms with E-state index in [1.807, 2.05) is 13.8 Å². The van der Waals surface area contributed by atoms with Gasteiger partial charge in [0.25, 0.3) is 5.56 Å². The Labute approximate surface area is 183 Å².